The number of hydrogen-bond acceptors (Lipinski definition) is 2. The average molecular weight is 302 g/mol. The fraction of sp³-hybridized carbons (Fsp3) is 0.850. The van der Waals surface area contributed by atoms with E-state index in [4.69, 9.17) is 0 Å². The number of rotatable bonds is 1. The van der Waals surface area contributed by atoms with Crippen molar-refractivity contribution in [3.05, 3.63) is 11.6 Å². The van der Waals surface area contributed by atoms with Crippen molar-refractivity contribution >= 4 is 5.78 Å². The number of fused-ring (bicyclic) bond motifs is 5. The third kappa shape index (κ3) is 1.99. The highest BCUT2D eigenvalue weighted by Crippen LogP contribution is 2.63. The van der Waals surface area contributed by atoms with Crippen LogP contribution in [0.3, 0.4) is 0 Å². The first-order valence-corrected chi connectivity index (χ1v) is 9.46. The summed E-state index contributed by atoms with van der Waals surface area (Å²) >= 11 is 0. The Hall–Kier alpha value is -0.630. The van der Waals surface area contributed by atoms with Gasteiger partial charge in [0.1, 0.15) is 0 Å². The minimum absolute atomic E-state index is 0.0895. The van der Waals surface area contributed by atoms with E-state index < -0.39 is 0 Å². The smallest absolute Gasteiger partial charge is 0.155 e. The first-order chi connectivity index (χ1) is 10.5. The van der Waals surface area contributed by atoms with Crippen LogP contribution >= 0.6 is 0 Å². The van der Waals surface area contributed by atoms with E-state index in [1.54, 1.807) is 0 Å². The minimum atomic E-state index is -0.0895. The Balaban J connectivity index is 1.62. The number of carbonyl (C=O) groups is 1. The van der Waals surface area contributed by atoms with Crippen molar-refractivity contribution in [1.82, 2.24) is 0 Å². The molecule has 0 amide bonds. The summed E-state index contributed by atoms with van der Waals surface area (Å²) in [6.45, 7) is 4.60. The second-order valence-electron chi connectivity index (χ2n) is 8.70. The Morgan fingerprint density at radius 3 is 2.82 bits per heavy atom. The van der Waals surface area contributed by atoms with Crippen LogP contribution in [0, 0.1) is 35.0 Å². The molecule has 2 nitrogen and oxygen atoms in total. The molecule has 0 spiro atoms. The second-order valence-corrected chi connectivity index (χ2v) is 8.70. The SMILES string of the molecule is CCC1C[C@H]2C3CCC4=CC(=O)CCC4[C@H]3CCC2(C)[C@H]1O. The first kappa shape index (κ1) is 14.9. The quantitative estimate of drug-likeness (QED) is 0.791. The molecule has 4 aliphatic rings. The normalized spacial score (nSPS) is 50.9. The Labute approximate surface area is 134 Å². The van der Waals surface area contributed by atoms with Gasteiger partial charge in [0.25, 0.3) is 0 Å². The zero-order valence-corrected chi connectivity index (χ0v) is 14.1. The number of allylic oxidation sites excluding steroid dienone is 1. The van der Waals surface area contributed by atoms with Crippen LogP contribution in [0.1, 0.15) is 65.2 Å². The van der Waals surface area contributed by atoms with Gasteiger partial charge < -0.3 is 5.11 Å². The van der Waals surface area contributed by atoms with Gasteiger partial charge in [0, 0.05) is 6.42 Å². The molecule has 1 N–H and O–H groups in total. The second kappa shape index (κ2) is 5.19. The van der Waals surface area contributed by atoms with Gasteiger partial charge in [0.2, 0.25) is 0 Å². The Morgan fingerprint density at radius 1 is 1.23 bits per heavy atom. The first-order valence-electron chi connectivity index (χ1n) is 9.46. The van der Waals surface area contributed by atoms with Crippen molar-refractivity contribution in [2.75, 3.05) is 0 Å². The Bertz CT molecular complexity index is 508. The standard InChI is InChI=1S/C20H30O2/c1-3-12-11-18-17-6-4-13-10-14(21)5-7-15(13)16(17)8-9-20(18,2)19(12)22/h10,12,15-19,22H,3-9,11H2,1-2H3/t12?,15?,16-,17?,18+,19+,20?/m1/s1. The molecular weight excluding hydrogens is 272 g/mol. The van der Waals surface area contributed by atoms with Gasteiger partial charge in [-0.2, -0.15) is 0 Å². The third-order valence-corrected chi connectivity index (χ3v) is 7.94. The lowest BCUT2D eigenvalue weighted by molar-refractivity contribution is -0.116. The molecule has 0 aliphatic heterocycles. The van der Waals surface area contributed by atoms with Crippen molar-refractivity contribution in [2.24, 2.45) is 35.0 Å². The predicted molar refractivity (Wildman–Crippen MR) is 87.3 cm³/mol. The van der Waals surface area contributed by atoms with Crippen LogP contribution in [-0.4, -0.2) is 17.0 Å². The summed E-state index contributed by atoms with van der Waals surface area (Å²) < 4.78 is 0. The summed E-state index contributed by atoms with van der Waals surface area (Å²) in [5.74, 6) is 3.84. The van der Waals surface area contributed by atoms with E-state index >= 15 is 0 Å². The van der Waals surface area contributed by atoms with Crippen molar-refractivity contribution in [1.29, 1.82) is 0 Å². The van der Waals surface area contributed by atoms with E-state index in [-0.39, 0.29) is 11.5 Å². The van der Waals surface area contributed by atoms with Crippen LogP contribution in [0.5, 0.6) is 0 Å². The lowest BCUT2D eigenvalue weighted by Gasteiger charge is -2.53. The van der Waals surface area contributed by atoms with Crippen LogP contribution in [0.25, 0.3) is 0 Å². The molecule has 0 radical (unpaired) electrons. The zero-order chi connectivity index (χ0) is 15.5. The lowest BCUT2D eigenvalue weighted by Crippen LogP contribution is -2.47. The van der Waals surface area contributed by atoms with Gasteiger partial charge in [-0.25, -0.2) is 0 Å². The fourth-order valence-corrected chi connectivity index (χ4v) is 6.72. The fourth-order valence-electron chi connectivity index (χ4n) is 6.72. The minimum Gasteiger partial charge on any atom is -0.392 e. The van der Waals surface area contributed by atoms with Gasteiger partial charge in [0.15, 0.2) is 5.78 Å². The van der Waals surface area contributed by atoms with Crippen LogP contribution in [0.4, 0.5) is 0 Å². The van der Waals surface area contributed by atoms with Crippen molar-refractivity contribution in [2.45, 2.75) is 71.3 Å². The van der Waals surface area contributed by atoms with E-state index in [2.05, 4.69) is 13.8 Å². The Kier molecular flexibility index (Phi) is 3.52. The van der Waals surface area contributed by atoms with Crippen LogP contribution < -0.4 is 0 Å². The molecule has 0 bridgehead atoms. The average Bonchev–Trinajstić information content (AvgIpc) is 2.78. The molecule has 22 heavy (non-hydrogen) atoms. The molecule has 4 unspecified atom stereocenters. The molecule has 0 aromatic heterocycles. The number of aliphatic hydroxyl groups is 1. The van der Waals surface area contributed by atoms with E-state index in [9.17, 15) is 9.90 Å². The van der Waals surface area contributed by atoms with Gasteiger partial charge in [-0.3, -0.25) is 4.79 Å². The summed E-state index contributed by atoms with van der Waals surface area (Å²) in [7, 11) is 0. The zero-order valence-electron chi connectivity index (χ0n) is 14.1. The molecule has 7 atom stereocenters. The highest BCUT2D eigenvalue weighted by Gasteiger charge is 2.58. The molecule has 4 aliphatic carbocycles. The van der Waals surface area contributed by atoms with Crippen LogP contribution in [0.15, 0.2) is 11.6 Å². The van der Waals surface area contributed by atoms with Gasteiger partial charge in [0.05, 0.1) is 6.10 Å². The summed E-state index contributed by atoms with van der Waals surface area (Å²) in [4.78, 5) is 11.7. The van der Waals surface area contributed by atoms with Gasteiger partial charge in [-0.15, -0.1) is 0 Å². The third-order valence-electron chi connectivity index (χ3n) is 7.94. The predicted octanol–water partition coefficient (Wildman–Crippen LogP) is 4.13. The summed E-state index contributed by atoms with van der Waals surface area (Å²) in [6, 6.07) is 0. The van der Waals surface area contributed by atoms with Crippen molar-refractivity contribution in [3.63, 3.8) is 0 Å². The molecular formula is C20H30O2. The molecule has 0 saturated heterocycles. The lowest BCUT2D eigenvalue weighted by atomic mass is 9.52. The molecule has 122 valence electrons. The topological polar surface area (TPSA) is 37.3 Å². The molecule has 0 aromatic rings. The number of carbonyl (C=O) groups excluding carboxylic acids is 1. The highest BCUT2D eigenvalue weighted by molar-refractivity contribution is 5.91. The van der Waals surface area contributed by atoms with Crippen molar-refractivity contribution in [3.8, 4) is 0 Å². The number of hydrogen-bond donors (Lipinski definition) is 1. The molecule has 0 heterocycles. The maximum absolute atomic E-state index is 11.7. The molecule has 3 saturated carbocycles. The monoisotopic (exact) mass is 302 g/mol. The summed E-state index contributed by atoms with van der Waals surface area (Å²) in [5.41, 5.74) is 1.62. The number of ketones is 1. The molecule has 3 fully saturated rings. The summed E-state index contributed by atoms with van der Waals surface area (Å²) in [5, 5.41) is 10.8. The highest BCUT2D eigenvalue weighted by atomic mass is 16.3. The van der Waals surface area contributed by atoms with Gasteiger partial charge in [-0.05, 0) is 79.6 Å². The van der Waals surface area contributed by atoms with Crippen LogP contribution in [-0.2, 0) is 4.79 Å². The molecule has 4 rings (SSSR count). The van der Waals surface area contributed by atoms with E-state index in [0.717, 1.165) is 37.5 Å². The largest absolute Gasteiger partial charge is 0.392 e. The summed E-state index contributed by atoms with van der Waals surface area (Å²) in [6.07, 6.45) is 10.9. The van der Waals surface area contributed by atoms with E-state index in [1.165, 1.54) is 31.3 Å². The molecule has 2 heteroatoms. The van der Waals surface area contributed by atoms with Gasteiger partial charge >= 0.3 is 0 Å². The van der Waals surface area contributed by atoms with Gasteiger partial charge in [-0.1, -0.05) is 25.8 Å². The van der Waals surface area contributed by atoms with E-state index in [1.807, 2.05) is 6.08 Å². The van der Waals surface area contributed by atoms with Crippen LogP contribution in [0.2, 0.25) is 0 Å². The number of aliphatic hydroxyl groups excluding tert-OH is 1. The molecule has 0 aromatic carbocycles. The maximum atomic E-state index is 11.7. The maximum Gasteiger partial charge on any atom is 0.155 e. The van der Waals surface area contributed by atoms with Crippen molar-refractivity contribution < 1.29 is 9.90 Å². The van der Waals surface area contributed by atoms with E-state index in [0.29, 0.717) is 23.5 Å². The Morgan fingerprint density at radius 2 is 2.05 bits per heavy atom.